The molecule has 3 aliphatic carbocycles. The van der Waals surface area contributed by atoms with Gasteiger partial charge in [0.1, 0.15) is 29.3 Å². The lowest BCUT2D eigenvalue weighted by molar-refractivity contribution is -0.144. The molecule has 10 rings (SSSR count). The molecule has 0 radical (unpaired) electrons. The number of carboxylic acid groups (broad SMARTS) is 1. The standard InChI is InChI=1S/C36H42N4O4S.C24H22N2O2S.C13H23NO3/c1-4-24(3)35(42)37-34(28-14-10-7-11-15-28)36(43)40-22-29(44-23-26-18-16-25(5-2)17-19-26)20-30(40)31(41)21-32-33(38-39-45-32)27-12-8-6-9-13-27;1-2-17-8-10-18(11-9-17)16-28-21-13-12-20(14-21)22(27)15-23-24(25-26-29-23)19-6-4-3-5-7-19;1-3-9(2)12(15)14-11(13(16)17)10-7-5-4-6-8-10/h2,6,8-9,12-13,16-19,24,28-30,34H,4,7,10-11,14-15,20-23H2,1,3H3,(H,37,42);1,3-11,20-21H,12-16H2;9-11H,3-8H2,1-2H3,(H,14,15)(H,16,17)/t24-,29?,30+,34+;20?,21-;9-,11+/m111/s1. The van der Waals surface area contributed by atoms with E-state index in [1.165, 1.54) is 29.5 Å². The molecule has 3 amide bonds. The number of aromatic nitrogens is 4. The highest BCUT2D eigenvalue weighted by molar-refractivity contribution is 7.06. The Morgan fingerprint density at radius 1 is 0.582 bits per heavy atom. The molecule has 2 unspecified atom stereocenters. The number of Topliss-reactive ketones (excluding diaryl/α,β-unsaturated/α-hetero) is 2. The third-order valence-electron chi connectivity index (χ3n) is 18.3. The summed E-state index contributed by atoms with van der Waals surface area (Å²) in [5.74, 6) is 3.97. The van der Waals surface area contributed by atoms with E-state index in [9.17, 15) is 33.9 Å². The molecule has 4 aromatic carbocycles. The van der Waals surface area contributed by atoms with E-state index in [1.807, 2.05) is 137 Å². The van der Waals surface area contributed by atoms with Crippen molar-refractivity contribution in [1.82, 2.24) is 34.7 Å². The quantitative estimate of drug-likeness (QED) is 0.0481. The average molecular weight is 1270 g/mol. The minimum absolute atomic E-state index is 0.0417. The normalized spacial score (nSPS) is 19.6. The molecule has 16 nitrogen and oxygen atoms in total. The molecule has 2 aromatic heterocycles. The number of nitrogens with one attached hydrogen (secondary N) is 2. The van der Waals surface area contributed by atoms with Gasteiger partial charge in [0.15, 0.2) is 5.78 Å². The summed E-state index contributed by atoms with van der Waals surface area (Å²) in [7, 11) is 0. The van der Waals surface area contributed by atoms with Gasteiger partial charge in [0.2, 0.25) is 17.7 Å². The van der Waals surface area contributed by atoms with E-state index >= 15 is 0 Å². The third kappa shape index (κ3) is 19.9. The van der Waals surface area contributed by atoms with Crippen LogP contribution in [-0.2, 0) is 64.3 Å². The summed E-state index contributed by atoms with van der Waals surface area (Å²) in [5, 5.41) is 23.6. The predicted octanol–water partition coefficient (Wildman–Crippen LogP) is 12.5. The second kappa shape index (κ2) is 35.2. The average Bonchev–Trinajstić information content (AvgIpc) is 1.76. The van der Waals surface area contributed by atoms with E-state index in [4.69, 9.17) is 22.3 Å². The fourth-order valence-corrected chi connectivity index (χ4v) is 13.7. The number of carbonyl (C=O) groups is 6. The van der Waals surface area contributed by atoms with Crippen LogP contribution in [0.2, 0.25) is 0 Å². The highest BCUT2D eigenvalue weighted by Gasteiger charge is 2.45. The number of benzene rings is 4. The van der Waals surface area contributed by atoms with Crippen molar-refractivity contribution in [2.45, 2.75) is 187 Å². The summed E-state index contributed by atoms with van der Waals surface area (Å²) in [5.41, 5.74) is 7.14. The SMILES string of the molecule is C#Cc1ccc(COC2C[C@@H](C(=O)Cc3snnc3-c3ccccc3)N(C(=O)[C@@H](NC(=O)[C@H](C)CC)C3CCCCC3)C2)cc1.C#Cc1ccc(CO[C@@H]2CCC(C(=O)Cc3snnc3-c3ccccc3)C2)cc1.CC[C@@H](C)C(=O)N[C@H](C(=O)O)C1CCCCC1. The van der Waals surface area contributed by atoms with Crippen molar-refractivity contribution in [3.8, 4) is 47.2 Å². The fourth-order valence-electron chi connectivity index (χ4n) is 12.4. The molecule has 18 heteroatoms. The molecule has 4 aliphatic rings. The Bertz CT molecular complexity index is 3400. The Labute approximate surface area is 544 Å². The number of ketones is 2. The number of aliphatic carboxylic acids is 1. The van der Waals surface area contributed by atoms with Gasteiger partial charge >= 0.3 is 5.97 Å². The van der Waals surface area contributed by atoms with E-state index in [2.05, 4.69) is 41.6 Å². The maximum atomic E-state index is 14.4. The third-order valence-corrected chi connectivity index (χ3v) is 19.8. The molecule has 3 saturated carbocycles. The second-order valence-corrected chi connectivity index (χ2v) is 26.3. The Morgan fingerprint density at radius 3 is 1.49 bits per heavy atom. The summed E-state index contributed by atoms with van der Waals surface area (Å²) in [4.78, 5) is 80.9. The molecule has 0 bridgehead atoms. The highest BCUT2D eigenvalue weighted by Crippen LogP contribution is 2.35. The molecule has 6 aromatic rings. The van der Waals surface area contributed by atoms with Gasteiger partial charge < -0.3 is 30.1 Å². The molecule has 3 N–H and O–H groups in total. The van der Waals surface area contributed by atoms with Crippen LogP contribution in [0.4, 0.5) is 0 Å². The Balaban J connectivity index is 0.000000197. The van der Waals surface area contributed by atoms with Gasteiger partial charge in [-0.3, -0.25) is 24.0 Å². The number of carbonyl (C=O) groups excluding carboxylic acids is 5. The van der Waals surface area contributed by atoms with Crippen LogP contribution in [0.5, 0.6) is 0 Å². The summed E-state index contributed by atoms with van der Waals surface area (Å²) in [6.07, 6.45) is 25.7. The maximum absolute atomic E-state index is 14.4. The molecular weight excluding hydrogens is 1180 g/mol. The lowest BCUT2D eigenvalue weighted by Gasteiger charge is -2.35. The number of hydrogen-bond acceptors (Lipinski definition) is 14. The van der Waals surface area contributed by atoms with Crippen molar-refractivity contribution in [1.29, 1.82) is 0 Å². The Hall–Kier alpha value is -7.74. The zero-order valence-electron chi connectivity index (χ0n) is 52.9. The van der Waals surface area contributed by atoms with Crippen molar-refractivity contribution in [3.63, 3.8) is 0 Å². The van der Waals surface area contributed by atoms with Crippen molar-refractivity contribution in [3.05, 3.63) is 141 Å². The first-order valence-corrected chi connectivity index (χ1v) is 34.0. The van der Waals surface area contributed by atoms with Crippen LogP contribution in [-0.4, -0.2) is 101 Å². The molecule has 0 spiro atoms. The van der Waals surface area contributed by atoms with Crippen LogP contribution in [0.3, 0.4) is 0 Å². The first-order chi connectivity index (χ1) is 44.2. The summed E-state index contributed by atoms with van der Waals surface area (Å²) in [6, 6.07) is 33.0. The first-order valence-electron chi connectivity index (χ1n) is 32.4. The lowest BCUT2D eigenvalue weighted by atomic mass is 9.83. The molecule has 3 heterocycles. The predicted molar refractivity (Wildman–Crippen MR) is 355 cm³/mol. The van der Waals surface area contributed by atoms with Gasteiger partial charge in [-0.15, -0.1) is 23.0 Å². The largest absolute Gasteiger partial charge is 0.480 e. The number of rotatable bonds is 24. The minimum Gasteiger partial charge on any atom is -0.480 e. The molecular formula is C73H87N7O9S2. The van der Waals surface area contributed by atoms with Crippen molar-refractivity contribution in [2.24, 2.45) is 29.6 Å². The van der Waals surface area contributed by atoms with E-state index < -0.39 is 24.1 Å². The van der Waals surface area contributed by atoms with Crippen LogP contribution in [0, 0.1) is 54.3 Å². The molecule has 1 aliphatic heterocycles. The van der Waals surface area contributed by atoms with Crippen LogP contribution >= 0.6 is 23.1 Å². The van der Waals surface area contributed by atoms with E-state index in [-0.39, 0.29) is 84.1 Å². The number of nitrogens with zero attached hydrogens (tertiary/aromatic N) is 5. The molecule has 8 atom stereocenters. The van der Waals surface area contributed by atoms with Gasteiger partial charge in [-0.1, -0.05) is 172 Å². The number of ether oxygens (including phenoxy) is 2. The van der Waals surface area contributed by atoms with Gasteiger partial charge in [-0.25, -0.2) is 4.79 Å². The number of likely N-dealkylation sites (tertiary alicyclic amines) is 1. The number of amides is 3. The Morgan fingerprint density at radius 2 is 1.03 bits per heavy atom. The van der Waals surface area contributed by atoms with Gasteiger partial charge in [-0.05, 0) is 128 Å². The summed E-state index contributed by atoms with van der Waals surface area (Å²) < 4.78 is 20.6. The van der Waals surface area contributed by atoms with Crippen LogP contribution in [0.25, 0.3) is 22.5 Å². The van der Waals surface area contributed by atoms with E-state index in [0.29, 0.717) is 38.2 Å². The van der Waals surface area contributed by atoms with Gasteiger partial charge in [0, 0.05) is 65.8 Å². The zero-order valence-corrected chi connectivity index (χ0v) is 54.6. The Kier molecular flexibility index (Phi) is 26.7. The topological polar surface area (TPSA) is 220 Å². The van der Waals surface area contributed by atoms with Crippen molar-refractivity contribution >= 4 is 58.3 Å². The molecule has 91 heavy (non-hydrogen) atoms. The highest BCUT2D eigenvalue weighted by atomic mass is 32.1. The van der Waals surface area contributed by atoms with E-state index in [0.717, 1.165) is 132 Å². The molecule has 480 valence electrons. The van der Waals surface area contributed by atoms with Gasteiger partial charge in [0.05, 0.1) is 41.2 Å². The zero-order chi connectivity index (χ0) is 64.7. The first kappa shape index (κ1) is 69.2. The van der Waals surface area contributed by atoms with Crippen molar-refractivity contribution in [2.75, 3.05) is 6.54 Å². The summed E-state index contributed by atoms with van der Waals surface area (Å²) >= 11 is 2.52. The monoisotopic (exact) mass is 1270 g/mol. The van der Waals surface area contributed by atoms with E-state index in [1.54, 1.807) is 4.90 Å². The lowest BCUT2D eigenvalue weighted by Crippen LogP contribution is -2.56. The minimum atomic E-state index is -0.895. The fraction of sp³-hybridized carbons (Fsp3) is 0.479. The summed E-state index contributed by atoms with van der Waals surface area (Å²) in [6.45, 7) is 8.78. The van der Waals surface area contributed by atoms with Crippen LogP contribution in [0.1, 0.15) is 162 Å². The number of hydrogen-bond donors (Lipinski definition) is 3. The molecule has 1 saturated heterocycles. The van der Waals surface area contributed by atoms with Gasteiger partial charge in [-0.2, -0.15) is 0 Å². The van der Waals surface area contributed by atoms with Crippen LogP contribution < -0.4 is 10.6 Å². The van der Waals surface area contributed by atoms with Crippen LogP contribution in [0.15, 0.2) is 109 Å². The van der Waals surface area contributed by atoms with Crippen molar-refractivity contribution < 1.29 is 43.3 Å². The second-order valence-electron chi connectivity index (χ2n) is 24.6. The molecule has 4 fully saturated rings. The number of terminal acetylenes is 2. The number of carboxylic acids is 1. The smallest absolute Gasteiger partial charge is 0.326 e. The maximum Gasteiger partial charge on any atom is 0.326 e. The van der Waals surface area contributed by atoms with Gasteiger partial charge in [0.25, 0.3) is 0 Å².